The Balaban J connectivity index is 1.25. The molecule has 12 atom stereocenters. The lowest BCUT2D eigenvalue weighted by molar-refractivity contribution is -0.148. The first kappa shape index (κ1) is 70.1. The second kappa shape index (κ2) is 32.6. The van der Waals surface area contributed by atoms with Gasteiger partial charge in [-0.2, -0.15) is 0 Å². The number of hydrogen-bond donors (Lipinski definition) is 9. The van der Waals surface area contributed by atoms with Crippen molar-refractivity contribution >= 4 is 70.9 Å². The van der Waals surface area contributed by atoms with Crippen molar-refractivity contribution in [2.24, 2.45) is 23.7 Å². The van der Waals surface area contributed by atoms with Crippen molar-refractivity contribution in [1.29, 1.82) is 0 Å². The molecule has 0 unspecified atom stereocenters. The van der Waals surface area contributed by atoms with Crippen LogP contribution in [0.15, 0.2) is 72.6 Å². The SMILES string of the molecule is CC[C@H](C)[C@H](NC(=O)[C@@H](NC(=O)[C@@H]1CCCN1C(=O)/C1=C/N[C@@H](CC(C)C)C(=O)N2CCC[C@H]2C(=O)N[C@@H](Cc2ccccc2)C(=O)N[C@@H](Cc2ccccc2)C(=O)N2CCC[C@H]2C(=O)N2CCC[C@H]2C(=O)N[C@@H](C(C)C)C(=O)N1)[C@@H](C)CC)C(=O)NCC(=O)O. The van der Waals surface area contributed by atoms with Crippen LogP contribution in [0.3, 0.4) is 0 Å². The number of fused-ring (bicyclic) bond motifs is 3. The van der Waals surface area contributed by atoms with E-state index < -0.39 is 161 Å². The van der Waals surface area contributed by atoms with Crippen molar-refractivity contribution in [3.63, 3.8) is 0 Å². The Morgan fingerprint density at radius 1 is 0.560 bits per heavy atom. The zero-order valence-electron chi connectivity index (χ0n) is 53.8. The lowest BCUT2D eigenvalue weighted by atomic mass is 9.94. The van der Waals surface area contributed by atoms with E-state index in [-0.39, 0.29) is 77.0 Å². The normalized spacial score (nSPS) is 25.9. The Hall–Kier alpha value is -8.38. The van der Waals surface area contributed by atoms with E-state index in [2.05, 4.69) is 42.5 Å². The first-order valence-electron chi connectivity index (χ1n) is 32.5. The van der Waals surface area contributed by atoms with Gasteiger partial charge in [0.05, 0.1) is 0 Å². The third kappa shape index (κ3) is 18.0. The number of carbonyl (C=O) groups is 12. The quantitative estimate of drug-likeness (QED) is 0.0969. The molecule has 2 aromatic rings. The van der Waals surface area contributed by atoms with Crippen LogP contribution in [0.25, 0.3) is 0 Å². The molecule has 5 aliphatic rings. The van der Waals surface area contributed by atoms with Gasteiger partial charge in [0.2, 0.25) is 59.1 Å². The molecule has 25 nitrogen and oxygen atoms in total. The molecule has 5 heterocycles. The molecule has 7 rings (SSSR count). The highest BCUT2D eigenvalue weighted by Crippen LogP contribution is 2.28. The number of likely N-dealkylation sites (tertiary alicyclic amines) is 1. The minimum Gasteiger partial charge on any atom is -0.480 e. The largest absolute Gasteiger partial charge is 0.480 e. The van der Waals surface area contributed by atoms with Gasteiger partial charge in [-0.05, 0) is 92.6 Å². The molecule has 11 amide bonds. The third-order valence-corrected chi connectivity index (χ3v) is 18.3. The number of hydrogen-bond acceptors (Lipinski definition) is 13. The van der Waals surface area contributed by atoms with Crippen molar-refractivity contribution in [2.45, 2.75) is 199 Å². The highest BCUT2D eigenvalue weighted by molar-refractivity contribution is 6.03. The summed E-state index contributed by atoms with van der Waals surface area (Å²) >= 11 is 0. The first-order chi connectivity index (χ1) is 43.4. The summed E-state index contributed by atoms with van der Waals surface area (Å²) in [4.78, 5) is 179. The Bertz CT molecular complexity index is 3000. The number of carboxylic acid groups (broad SMARTS) is 1. The maximum Gasteiger partial charge on any atom is 0.322 e. The van der Waals surface area contributed by atoms with E-state index in [9.17, 15) is 48.3 Å². The molecule has 5 aliphatic heterocycles. The lowest BCUT2D eigenvalue weighted by Crippen LogP contribution is -2.60. The number of aliphatic carboxylic acids is 1. The van der Waals surface area contributed by atoms with Gasteiger partial charge in [-0.25, -0.2) is 0 Å². The predicted octanol–water partition coefficient (Wildman–Crippen LogP) is 1.78. The van der Waals surface area contributed by atoms with Crippen molar-refractivity contribution < 1.29 is 62.6 Å². The van der Waals surface area contributed by atoms with Crippen LogP contribution in [0.1, 0.15) is 137 Å². The maximum atomic E-state index is 15.3. The Labute approximate surface area is 533 Å². The average Bonchev–Trinajstić information content (AvgIpc) is 1.84. The molecule has 2 aromatic carbocycles. The molecule has 0 saturated carbocycles. The molecule has 25 heteroatoms. The Morgan fingerprint density at radius 3 is 1.60 bits per heavy atom. The topological polar surface area (TPSA) is 334 Å². The summed E-state index contributed by atoms with van der Waals surface area (Å²) in [6, 6.07) is 6.59. The summed E-state index contributed by atoms with van der Waals surface area (Å²) in [5.41, 5.74) is 1.03. The number of carboxylic acids is 1. The smallest absolute Gasteiger partial charge is 0.322 e. The monoisotopic (exact) mass is 1260 g/mol. The fourth-order valence-electron chi connectivity index (χ4n) is 12.8. The fraction of sp³-hybridized carbons (Fsp3) is 0.606. The molecule has 4 fully saturated rings. The van der Waals surface area contributed by atoms with Gasteiger partial charge in [0.1, 0.15) is 72.7 Å². The van der Waals surface area contributed by atoms with E-state index in [4.69, 9.17) is 0 Å². The van der Waals surface area contributed by atoms with Crippen LogP contribution in [0, 0.1) is 23.7 Å². The van der Waals surface area contributed by atoms with Gasteiger partial charge >= 0.3 is 5.97 Å². The van der Waals surface area contributed by atoms with Gasteiger partial charge in [0.25, 0.3) is 5.91 Å². The summed E-state index contributed by atoms with van der Waals surface area (Å²) in [6.45, 7) is 14.1. The van der Waals surface area contributed by atoms with Crippen molar-refractivity contribution in [3.8, 4) is 0 Å². The van der Waals surface area contributed by atoms with Gasteiger partial charge in [-0.1, -0.05) is 129 Å². The van der Waals surface area contributed by atoms with Crippen molar-refractivity contribution in [3.05, 3.63) is 83.7 Å². The van der Waals surface area contributed by atoms with Crippen LogP contribution in [-0.2, 0) is 70.4 Å². The van der Waals surface area contributed by atoms with E-state index in [0.717, 1.165) is 5.56 Å². The summed E-state index contributed by atoms with van der Waals surface area (Å²) in [6.07, 6.45) is 4.79. The van der Waals surface area contributed by atoms with E-state index in [1.165, 1.54) is 25.8 Å². The molecule has 0 aromatic heterocycles. The van der Waals surface area contributed by atoms with Gasteiger partial charge in [0, 0.05) is 45.2 Å². The minimum absolute atomic E-state index is 0.0139. The van der Waals surface area contributed by atoms with E-state index in [0.29, 0.717) is 44.1 Å². The summed E-state index contributed by atoms with van der Waals surface area (Å²) in [7, 11) is 0. The second-order valence-electron chi connectivity index (χ2n) is 25.7. The molecule has 91 heavy (non-hydrogen) atoms. The molecular formula is C66H94N12O13. The summed E-state index contributed by atoms with van der Waals surface area (Å²) < 4.78 is 0. The average molecular weight is 1260 g/mol. The fourth-order valence-corrected chi connectivity index (χ4v) is 12.8. The summed E-state index contributed by atoms with van der Waals surface area (Å²) in [5, 5.41) is 31.7. The zero-order chi connectivity index (χ0) is 66.2. The van der Waals surface area contributed by atoms with Crippen LogP contribution in [-0.4, -0.2) is 189 Å². The molecule has 0 radical (unpaired) electrons. The molecule has 9 N–H and O–H groups in total. The van der Waals surface area contributed by atoms with Crippen LogP contribution < -0.4 is 42.5 Å². The minimum atomic E-state index is -1.32. The van der Waals surface area contributed by atoms with Crippen LogP contribution in [0.5, 0.6) is 0 Å². The first-order valence-corrected chi connectivity index (χ1v) is 32.5. The van der Waals surface area contributed by atoms with Crippen LogP contribution in [0.4, 0.5) is 0 Å². The van der Waals surface area contributed by atoms with E-state index >= 15 is 14.4 Å². The Morgan fingerprint density at radius 2 is 1.05 bits per heavy atom. The van der Waals surface area contributed by atoms with Crippen molar-refractivity contribution in [1.82, 2.24) is 62.1 Å². The van der Waals surface area contributed by atoms with Gasteiger partial charge in [-0.3, -0.25) is 57.5 Å². The number of amides is 11. The molecule has 0 bridgehead atoms. The zero-order valence-corrected chi connectivity index (χ0v) is 53.8. The number of carbonyl (C=O) groups excluding carboxylic acids is 11. The van der Waals surface area contributed by atoms with Gasteiger partial charge < -0.3 is 67.2 Å². The molecule has 4 saturated heterocycles. The van der Waals surface area contributed by atoms with Gasteiger partial charge in [0.15, 0.2) is 0 Å². The van der Waals surface area contributed by atoms with Crippen molar-refractivity contribution in [2.75, 3.05) is 32.7 Å². The second-order valence-corrected chi connectivity index (χ2v) is 25.7. The molecule has 0 aliphatic carbocycles. The maximum absolute atomic E-state index is 15.3. The number of benzene rings is 2. The third-order valence-electron chi connectivity index (χ3n) is 18.3. The lowest BCUT2D eigenvalue weighted by Gasteiger charge is -2.34. The predicted molar refractivity (Wildman–Crippen MR) is 336 cm³/mol. The number of rotatable bonds is 19. The Kier molecular flexibility index (Phi) is 25.1. The van der Waals surface area contributed by atoms with E-state index in [1.807, 2.05) is 69.3 Å². The molecule has 496 valence electrons. The van der Waals surface area contributed by atoms with Gasteiger partial charge in [-0.15, -0.1) is 0 Å². The summed E-state index contributed by atoms with van der Waals surface area (Å²) in [5.74, 6) is -10.2. The molecular weight excluding hydrogens is 1170 g/mol. The number of nitrogens with zero attached hydrogens (tertiary/aromatic N) is 4. The van der Waals surface area contributed by atoms with Crippen LogP contribution >= 0.6 is 0 Å². The standard InChI is InChI=1S/C66H94N12O13/c1-9-40(7)54(60(85)68-37-52(79)80)74-62(87)55(41(8)10-2)73-59(84)49-26-18-30-76(49)65(90)47-36-67-45(33-38(3)4)63(88)75-29-17-25-48(75)57(82)69-44(34-42-21-13-11-14-22-42)56(81)70-46(35-43-23-15-12-16-24-43)64(89)78-32-20-28-51(78)66(91)77-31-19-27-50(77)58(83)72-53(39(5)6)61(86)71-47/h11-16,21-24,36,38-41,44-46,48-51,53-55,67H,9-10,17-20,25-35,37H2,1-8H3,(H,68,85)(H,69,82)(H,70,81)(H,71,86)(H,72,83)(H,73,84)(H,74,87)(H,79,80)/b47-36-/t40-,41-,44-,45-,46-,48-,49-,50-,51-,53-,54-,55-/m0/s1. The number of nitrogens with one attached hydrogen (secondary N) is 8. The highest BCUT2D eigenvalue weighted by Gasteiger charge is 2.47. The van der Waals surface area contributed by atoms with E-state index in [1.54, 1.807) is 46.8 Å². The van der Waals surface area contributed by atoms with Crippen LogP contribution in [0.2, 0.25) is 0 Å². The molecule has 0 spiro atoms. The highest BCUT2D eigenvalue weighted by atomic mass is 16.4.